The molecule has 4 N–H and O–H groups in total. The summed E-state index contributed by atoms with van der Waals surface area (Å²) in [5.41, 5.74) is 10.3. The van der Waals surface area contributed by atoms with Crippen LogP contribution in [0.5, 0.6) is 0 Å². The Morgan fingerprint density at radius 1 is 1.27 bits per heavy atom. The minimum absolute atomic E-state index is 0.0221. The second-order valence-electron chi connectivity index (χ2n) is 8.06. The van der Waals surface area contributed by atoms with Gasteiger partial charge in [-0.25, -0.2) is 4.39 Å². The smallest absolute Gasteiger partial charge is 0.256 e. The van der Waals surface area contributed by atoms with Crippen molar-refractivity contribution >= 4 is 29.2 Å². The van der Waals surface area contributed by atoms with Gasteiger partial charge in [0.25, 0.3) is 11.8 Å². The van der Waals surface area contributed by atoms with Gasteiger partial charge in [-0.2, -0.15) is 0 Å². The van der Waals surface area contributed by atoms with Crippen LogP contribution < -0.4 is 11.1 Å². The highest BCUT2D eigenvalue weighted by Crippen LogP contribution is 2.36. The SMILES string of the molecule is CCC(CC)(CN)N1CCc2[nH]c(C=C3C(=O)Nc4ccc(F)cc43)c(C)c2C1=O. The van der Waals surface area contributed by atoms with Crippen molar-refractivity contribution in [2.45, 2.75) is 45.6 Å². The molecule has 6 nitrogen and oxygen atoms in total. The summed E-state index contributed by atoms with van der Waals surface area (Å²) in [6, 6.07) is 4.22. The fraction of sp³-hybridized carbons (Fsp3) is 0.391. The number of carbonyl (C=O) groups is 2. The van der Waals surface area contributed by atoms with E-state index >= 15 is 0 Å². The summed E-state index contributed by atoms with van der Waals surface area (Å²) < 4.78 is 13.7. The van der Waals surface area contributed by atoms with Crippen molar-refractivity contribution in [2.24, 2.45) is 5.73 Å². The molecule has 1 aromatic carbocycles. The number of amides is 2. The molecular formula is C23H27FN4O2. The zero-order valence-corrected chi connectivity index (χ0v) is 17.6. The fourth-order valence-corrected chi connectivity index (χ4v) is 4.69. The van der Waals surface area contributed by atoms with E-state index in [0.717, 1.165) is 24.1 Å². The molecule has 2 aliphatic heterocycles. The maximum absolute atomic E-state index is 13.7. The zero-order chi connectivity index (χ0) is 21.6. The average molecular weight is 410 g/mol. The van der Waals surface area contributed by atoms with Crippen molar-refractivity contribution in [2.75, 3.05) is 18.4 Å². The van der Waals surface area contributed by atoms with Gasteiger partial charge < -0.3 is 20.9 Å². The van der Waals surface area contributed by atoms with Gasteiger partial charge in [0.1, 0.15) is 5.82 Å². The van der Waals surface area contributed by atoms with E-state index in [-0.39, 0.29) is 17.4 Å². The van der Waals surface area contributed by atoms with E-state index in [1.54, 1.807) is 12.1 Å². The number of fused-ring (bicyclic) bond motifs is 2. The average Bonchev–Trinajstić information content (AvgIpc) is 3.22. The number of rotatable bonds is 5. The molecular weight excluding hydrogens is 383 g/mol. The van der Waals surface area contributed by atoms with Crippen molar-refractivity contribution in [3.05, 3.63) is 52.1 Å². The maximum atomic E-state index is 13.7. The van der Waals surface area contributed by atoms with Gasteiger partial charge in [-0.05, 0) is 49.6 Å². The number of nitrogens with two attached hydrogens (primary N) is 1. The summed E-state index contributed by atoms with van der Waals surface area (Å²) in [5, 5.41) is 2.76. The Bertz CT molecular complexity index is 1060. The summed E-state index contributed by atoms with van der Waals surface area (Å²) in [6.45, 7) is 7.03. The Balaban J connectivity index is 1.76. The molecule has 0 bridgehead atoms. The molecule has 2 aromatic rings. The van der Waals surface area contributed by atoms with Crippen LogP contribution in [0.15, 0.2) is 18.2 Å². The predicted molar refractivity (Wildman–Crippen MR) is 116 cm³/mol. The lowest BCUT2D eigenvalue weighted by atomic mass is 9.87. The lowest BCUT2D eigenvalue weighted by molar-refractivity contribution is -0.110. The minimum atomic E-state index is -0.401. The number of benzene rings is 1. The number of nitrogens with zero attached hydrogens (tertiary/aromatic N) is 1. The number of hydrogen-bond donors (Lipinski definition) is 3. The summed E-state index contributed by atoms with van der Waals surface area (Å²) in [5.74, 6) is -0.706. The number of hydrogen-bond acceptors (Lipinski definition) is 3. The van der Waals surface area contributed by atoms with Gasteiger partial charge in [-0.1, -0.05) is 13.8 Å². The number of aromatic amines is 1. The molecule has 0 fully saturated rings. The van der Waals surface area contributed by atoms with Crippen molar-refractivity contribution in [1.82, 2.24) is 9.88 Å². The summed E-state index contributed by atoms with van der Waals surface area (Å²) in [7, 11) is 0. The van der Waals surface area contributed by atoms with Crippen LogP contribution in [-0.2, 0) is 11.2 Å². The number of anilines is 1. The molecule has 7 heteroatoms. The molecule has 0 spiro atoms. The standard InChI is InChI=1S/C23H27FN4O2/c1-4-23(5-2,12-25)28-9-8-18-20(22(28)30)13(3)19(26-18)11-16-15-10-14(24)6-7-17(15)27-21(16)29/h6-7,10-11,26H,4-5,8-9,12,25H2,1-3H3,(H,27,29). The Hall–Kier alpha value is -2.93. The lowest BCUT2D eigenvalue weighted by Crippen LogP contribution is -2.57. The first-order valence-corrected chi connectivity index (χ1v) is 10.4. The Kier molecular flexibility index (Phi) is 5.02. The van der Waals surface area contributed by atoms with Crippen LogP contribution in [0.4, 0.5) is 10.1 Å². The first kappa shape index (κ1) is 20.3. The zero-order valence-electron chi connectivity index (χ0n) is 17.6. The molecule has 0 unspecified atom stereocenters. The molecule has 2 amide bonds. The maximum Gasteiger partial charge on any atom is 0.256 e. The van der Waals surface area contributed by atoms with Gasteiger partial charge in [-0.3, -0.25) is 9.59 Å². The van der Waals surface area contributed by atoms with Crippen LogP contribution in [-0.4, -0.2) is 40.3 Å². The Labute approximate surface area is 175 Å². The van der Waals surface area contributed by atoms with Gasteiger partial charge >= 0.3 is 0 Å². The fourth-order valence-electron chi connectivity index (χ4n) is 4.69. The largest absolute Gasteiger partial charge is 0.358 e. The molecule has 158 valence electrons. The van der Waals surface area contributed by atoms with Gasteiger partial charge in [0.2, 0.25) is 0 Å². The van der Waals surface area contributed by atoms with E-state index in [4.69, 9.17) is 5.73 Å². The lowest BCUT2D eigenvalue weighted by Gasteiger charge is -2.44. The van der Waals surface area contributed by atoms with Gasteiger partial charge in [0.05, 0.1) is 16.7 Å². The number of halogens is 1. The van der Waals surface area contributed by atoms with Crippen LogP contribution >= 0.6 is 0 Å². The topological polar surface area (TPSA) is 91.2 Å². The molecule has 4 rings (SSSR count). The highest BCUT2D eigenvalue weighted by atomic mass is 19.1. The molecule has 0 aliphatic carbocycles. The van der Waals surface area contributed by atoms with E-state index < -0.39 is 5.82 Å². The quantitative estimate of drug-likeness (QED) is 0.659. The highest BCUT2D eigenvalue weighted by Gasteiger charge is 2.40. The van der Waals surface area contributed by atoms with E-state index in [1.165, 1.54) is 12.1 Å². The summed E-state index contributed by atoms with van der Waals surface area (Å²) >= 11 is 0. The van der Waals surface area contributed by atoms with E-state index in [9.17, 15) is 14.0 Å². The third-order valence-corrected chi connectivity index (χ3v) is 6.73. The van der Waals surface area contributed by atoms with Crippen molar-refractivity contribution < 1.29 is 14.0 Å². The van der Waals surface area contributed by atoms with E-state index in [2.05, 4.69) is 24.1 Å². The van der Waals surface area contributed by atoms with Crippen LogP contribution in [0, 0.1) is 12.7 Å². The monoisotopic (exact) mass is 410 g/mol. The van der Waals surface area contributed by atoms with Crippen molar-refractivity contribution in [1.29, 1.82) is 0 Å². The van der Waals surface area contributed by atoms with Gasteiger partial charge in [0.15, 0.2) is 0 Å². The number of nitrogens with one attached hydrogen (secondary N) is 2. The second-order valence-corrected chi connectivity index (χ2v) is 8.06. The number of aromatic nitrogens is 1. The van der Waals surface area contributed by atoms with Crippen LogP contribution in [0.1, 0.15) is 59.6 Å². The molecule has 0 radical (unpaired) electrons. The van der Waals surface area contributed by atoms with Crippen molar-refractivity contribution in [3.63, 3.8) is 0 Å². The van der Waals surface area contributed by atoms with Crippen LogP contribution in [0.2, 0.25) is 0 Å². The summed E-state index contributed by atoms with van der Waals surface area (Å²) in [6.07, 6.45) is 4.00. The van der Waals surface area contributed by atoms with Crippen molar-refractivity contribution in [3.8, 4) is 0 Å². The third kappa shape index (κ3) is 2.96. The first-order valence-electron chi connectivity index (χ1n) is 10.4. The molecule has 0 saturated carbocycles. The van der Waals surface area contributed by atoms with Crippen LogP contribution in [0.25, 0.3) is 11.6 Å². The predicted octanol–water partition coefficient (Wildman–Crippen LogP) is 3.47. The summed E-state index contributed by atoms with van der Waals surface area (Å²) in [4.78, 5) is 31.1. The molecule has 2 aliphatic rings. The first-order chi connectivity index (χ1) is 14.3. The number of H-pyrrole nitrogens is 1. The molecule has 0 atom stereocenters. The van der Waals surface area contributed by atoms with Crippen LogP contribution in [0.3, 0.4) is 0 Å². The molecule has 1 aromatic heterocycles. The third-order valence-electron chi connectivity index (χ3n) is 6.73. The normalized spacial score (nSPS) is 17.4. The van der Waals surface area contributed by atoms with E-state index in [1.807, 2.05) is 11.8 Å². The van der Waals surface area contributed by atoms with Gasteiger partial charge in [0, 0.05) is 42.1 Å². The van der Waals surface area contributed by atoms with Gasteiger partial charge in [-0.15, -0.1) is 0 Å². The second kappa shape index (κ2) is 7.40. The molecule has 3 heterocycles. The Morgan fingerprint density at radius 3 is 2.67 bits per heavy atom. The van der Waals surface area contributed by atoms with E-state index in [0.29, 0.717) is 47.6 Å². The number of carbonyl (C=O) groups excluding carboxylic acids is 2. The minimum Gasteiger partial charge on any atom is -0.358 e. The molecule has 30 heavy (non-hydrogen) atoms. The highest BCUT2D eigenvalue weighted by molar-refractivity contribution is 6.34. The Morgan fingerprint density at radius 2 is 2.00 bits per heavy atom. The molecule has 0 saturated heterocycles.